The molecule has 0 amide bonds. The van der Waals surface area contributed by atoms with Gasteiger partial charge in [-0.25, -0.2) is 0 Å². The molecule has 0 aliphatic heterocycles. The molecule has 15 heavy (non-hydrogen) atoms. The molecule has 0 aliphatic carbocycles. The number of nitrogens with one attached hydrogen (secondary N) is 2. The van der Waals surface area contributed by atoms with E-state index in [9.17, 15) is 0 Å². The Balaban J connectivity index is 0. The molecule has 2 N–H and O–H groups in total. The van der Waals surface area contributed by atoms with Crippen LogP contribution in [0.2, 0.25) is 0 Å². The van der Waals surface area contributed by atoms with Crippen molar-refractivity contribution in [3.05, 3.63) is 0 Å². The summed E-state index contributed by atoms with van der Waals surface area (Å²) in [5.41, 5.74) is 0.471. The Hall–Kier alpha value is 1.30. The first-order valence-corrected chi connectivity index (χ1v) is 12.3. The van der Waals surface area contributed by atoms with Crippen LogP contribution in [0.1, 0.15) is 41.5 Å². The van der Waals surface area contributed by atoms with Crippen LogP contribution in [0.4, 0.5) is 0 Å². The molecule has 0 bridgehead atoms. The summed E-state index contributed by atoms with van der Waals surface area (Å²) in [5, 5.41) is 6.86. The molecular formula is C10H24Cl2N2Sn. The van der Waals surface area contributed by atoms with Gasteiger partial charge in [-0.2, -0.15) is 0 Å². The van der Waals surface area contributed by atoms with Gasteiger partial charge in [0.05, 0.1) is 0 Å². The van der Waals surface area contributed by atoms with Crippen LogP contribution in [0.15, 0.2) is 0 Å². The van der Waals surface area contributed by atoms with Gasteiger partial charge in [0.25, 0.3) is 0 Å². The molecule has 0 fully saturated rings. The molecule has 92 valence electrons. The summed E-state index contributed by atoms with van der Waals surface area (Å²) in [7, 11) is 9.87. The van der Waals surface area contributed by atoms with E-state index >= 15 is 0 Å². The Kier molecular flexibility index (Phi) is 11.6. The third kappa shape index (κ3) is 25.5. The first-order valence-electron chi connectivity index (χ1n) is 5.09. The minimum absolute atomic E-state index is 0.236. The summed E-state index contributed by atoms with van der Waals surface area (Å²) in [6.07, 6.45) is 0. The first kappa shape index (κ1) is 18.7. The van der Waals surface area contributed by atoms with Crippen molar-refractivity contribution < 1.29 is 0 Å². The summed E-state index contributed by atoms with van der Waals surface area (Å²) in [5.74, 6) is 0. The molecule has 0 aromatic carbocycles. The quantitative estimate of drug-likeness (QED) is 0.596. The van der Waals surface area contributed by atoms with Gasteiger partial charge in [0.1, 0.15) is 0 Å². The Morgan fingerprint density at radius 1 is 0.800 bits per heavy atom. The Bertz CT molecular complexity index is 125. The molecule has 2 nitrogen and oxygen atoms in total. The van der Waals surface area contributed by atoms with E-state index in [1.54, 1.807) is 0 Å². The Labute approximate surface area is 113 Å². The molecule has 0 rings (SSSR count). The van der Waals surface area contributed by atoms with Crippen LogP contribution in [0, 0.1) is 0 Å². The Morgan fingerprint density at radius 2 is 1.00 bits per heavy atom. The van der Waals surface area contributed by atoms with E-state index in [-0.39, 0.29) is 11.1 Å². The number of hydrogen-bond acceptors (Lipinski definition) is 2. The van der Waals surface area contributed by atoms with Crippen molar-refractivity contribution in [2.75, 3.05) is 13.1 Å². The number of hydrogen-bond donors (Lipinski definition) is 2. The van der Waals surface area contributed by atoms with Crippen molar-refractivity contribution in [1.82, 2.24) is 10.6 Å². The molecule has 0 saturated carbocycles. The maximum absolute atomic E-state index is 4.93. The molecule has 0 aliphatic rings. The van der Waals surface area contributed by atoms with Crippen molar-refractivity contribution >= 4 is 36.7 Å². The molecule has 0 spiro atoms. The average molecular weight is 362 g/mol. The molecule has 0 saturated heterocycles. The van der Waals surface area contributed by atoms with E-state index in [0.29, 0.717) is 0 Å². The summed E-state index contributed by atoms with van der Waals surface area (Å²) in [6.45, 7) is 15.2. The van der Waals surface area contributed by atoms with Crippen LogP contribution in [-0.2, 0) is 0 Å². The summed E-state index contributed by atoms with van der Waals surface area (Å²) < 4.78 is 0. The van der Waals surface area contributed by atoms with E-state index < -0.39 is 18.9 Å². The van der Waals surface area contributed by atoms with Crippen molar-refractivity contribution in [3.63, 3.8) is 0 Å². The topological polar surface area (TPSA) is 24.1 Å². The fraction of sp³-hybridized carbons (Fsp3) is 1.00. The van der Waals surface area contributed by atoms with Gasteiger partial charge in [0, 0.05) is 24.2 Å². The zero-order valence-electron chi connectivity index (χ0n) is 10.7. The van der Waals surface area contributed by atoms with E-state index in [1.165, 1.54) is 0 Å². The predicted molar refractivity (Wildman–Crippen MR) is 73.0 cm³/mol. The third-order valence-corrected chi connectivity index (χ3v) is 1.44. The van der Waals surface area contributed by atoms with Crippen LogP contribution >= 0.6 is 17.8 Å². The average Bonchev–Trinajstić information content (AvgIpc) is 1.96. The summed E-state index contributed by atoms with van der Waals surface area (Å²) in [6, 6.07) is 0. The first-order chi connectivity index (χ1) is 6.62. The molecular weight excluding hydrogens is 338 g/mol. The molecule has 0 unspecified atom stereocenters. The van der Waals surface area contributed by atoms with Gasteiger partial charge in [-0.05, 0) is 41.5 Å². The van der Waals surface area contributed by atoms with Gasteiger partial charge in [-0.1, -0.05) is 0 Å². The fourth-order valence-corrected chi connectivity index (χ4v) is 0.875. The van der Waals surface area contributed by atoms with E-state index in [4.69, 9.17) is 17.8 Å². The standard InChI is InChI=1S/C10H24N2.2ClH.Sn/c1-9(2,3)11-7-8-12-10(4,5)6;;;/h11-12H,7-8H2,1-6H3;2*1H;/q;;;+2/p-2. The van der Waals surface area contributed by atoms with Gasteiger partial charge < -0.3 is 10.6 Å². The maximum atomic E-state index is 4.93. The van der Waals surface area contributed by atoms with Gasteiger partial charge in [-0.15, -0.1) is 0 Å². The molecule has 0 atom stereocenters. The number of rotatable bonds is 3. The van der Waals surface area contributed by atoms with Gasteiger partial charge in [0.15, 0.2) is 0 Å². The predicted octanol–water partition coefficient (Wildman–Crippen LogP) is 2.76. The van der Waals surface area contributed by atoms with E-state index in [2.05, 4.69) is 52.2 Å². The summed E-state index contributed by atoms with van der Waals surface area (Å²) in [4.78, 5) is 0. The van der Waals surface area contributed by atoms with Crippen LogP contribution in [0.3, 0.4) is 0 Å². The van der Waals surface area contributed by atoms with Gasteiger partial charge >= 0.3 is 36.7 Å². The Morgan fingerprint density at radius 3 is 1.13 bits per heavy atom. The second kappa shape index (κ2) is 9.34. The van der Waals surface area contributed by atoms with Crippen molar-refractivity contribution in [1.29, 1.82) is 0 Å². The zero-order valence-corrected chi connectivity index (χ0v) is 15.0. The van der Waals surface area contributed by atoms with Crippen LogP contribution < -0.4 is 10.6 Å². The SMILES string of the molecule is CC(C)(C)NCCNC(C)(C)C.[Cl][Sn][Cl]. The van der Waals surface area contributed by atoms with E-state index in [0.717, 1.165) is 13.1 Å². The second-order valence-corrected chi connectivity index (χ2v) is 9.67. The van der Waals surface area contributed by atoms with E-state index in [1.807, 2.05) is 0 Å². The molecule has 5 heteroatoms. The van der Waals surface area contributed by atoms with Crippen molar-refractivity contribution in [3.8, 4) is 0 Å². The summed E-state index contributed by atoms with van der Waals surface area (Å²) >= 11 is -0.826. The molecule has 0 aromatic heterocycles. The van der Waals surface area contributed by atoms with Crippen LogP contribution in [0.25, 0.3) is 0 Å². The third-order valence-electron chi connectivity index (χ3n) is 1.44. The van der Waals surface area contributed by atoms with Gasteiger partial charge in [-0.3, -0.25) is 0 Å². The molecule has 0 aromatic rings. The molecule has 2 radical (unpaired) electrons. The van der Waals surface area contributed by atoms with Crippen molar-refractivity contribution in [2.45, 2.75) is 52.6 Å². The van der Waals surface area contributed by atoms with Crippen LogP contribution in [-0.4, -0.2) is 43.1 Å². The molecule has 0 heterocycles. The van der Waals surface area contributed by atoms with Gasteiger partial charge in [0.2, 0.25) is 0 Å². The zero-order chi connectivity index (χ0) is 12.5. The normalized spacial score (nSPS) is 12.0. The van der Waals surface area contributed by atoms with Crippen molar-refractivity contribution in [2.24, 2.45) is 0 Å². The number of halogens is 2. The second-order valence-electron chi connectivity index (χ2n) is 5.42. The monoisotopic (exact) mass is 362 g/mol. The van der Waals surface area contributed by atoms with Crippen LogP contribution in [0.5, 0.6) is 0 Å². The fourth-order valence-electron chi connectivity index (χ4n) is 0.875. The minimum atomic E-state index is -0.826.